The summed E-state index contributed by atoms with van der Waals surface area (Å²) in [5.74, 6) is -0.400. The molecule has 4 aromatic rings. The zero-order chi connectivity index (χ0) is 21.5. The molecule has 0 amide bonds. The average molecular weight is 451 g/mol. The molecule has 1 unspecified atom stereocenters. The highest BCUT2D eigenvalue weighted by Crippen LogP contribution is 2.45. The summed E-state index contributed by atoms with van der Waals surface area (Å²) in [5, 5.41) is 2.93. The van der Waals surface area contributed by atoms with E-state index in [-0.39, 0.29) is 10.5 Å². The fraction of sp³-hybridized carbons (Fsp3) is 0.0909. The maximum absolute atomic E-state index is 13.2. The van der Waals surface area contributed by atoms with Crippen molar-refractivity contribution < 1.29 is 26.3 Å². The molecule has 0 heterocycles. The molecule has 0 bridgehead atoms. The van der Waals surface area contributed by atoms with Crippen LogP contribution in [0.1, 0.15) is 0 Å². The van der Waals surface area contributed by atoms with E-state index in [1.165, 1.54) is 19.2 Å². The van der Waals surface area contributed by atoms with Crippen LogP contribution in [0.15, 0.2) is 71.6 Å². The van der Waals surface area contributed by atoms with Crippen molar-refractivity contribution in [2.45, 2.75) is 11.3 Å². The Balaban J connectivity index is 2.18. The van der Waals surface area contributed by atoms with E-state index in [1.807, 2.05) is 12.1 Å². The van der Waals surface area contributed by atoms with Gasteiger partial charge >= 0.3 is 6.36 Å². The molecule has 0 spiro atoms. The van der Waals surface area contributed by atoms with E-state index in [0.717, 1.165) is 5.39 Å². The summed E-state index contributed by atoms with van der Waals surface area (Å²) in [6, 6.07) is 18.1. The Hall–Kier alpha value is -2.61. The molecule has 0 aliphatic carbocycles. The Kier molecular flexibility index (Phi) is 5.44. The largest absolute Gasteiger partial charge is 0.573 e. The molecule has 4 aromatic carbocycles. The van der Waals surface area contributed by atoms with Gasteiger partial charge in [0.2, 0.25) is 0 Å². The molecular weight excluding hydrogens is 437 g/mol. The van der Waals surface area contributed by atoms with Crippen LogP contribution in [0.25, 0.3) is 32.7 Å². The molecule has 0 aliphatic rings. The third kappa shape index (κ3) is 3.88. The second kappa shape index (κ2) is 7.91. The van der Waals surface area contributed by atoms with Crippen molar-refractivity contribution in [1.82, 2.24) is 0 Å². The quantitative estimate of drug-likeness (QED) is 0.340. The normalized spacial score (nSPS) is 13.0. The van der Waals surface area contributed by atoms with E-state index in [2.05, 4.69) is 4.74 Å². The Morgan fingerprint density at radius 3 is 2.30 bits per heavy atom. The van der Waals surface area contributed by atoms with Crippen LogP contribution in [0.3, 0.4) is 0 Å². The molecule has 0 N–H and O–H groups in total. The van der Waals surface area contributed by atoms with Gasteiger partial charge in [-0.05, 0) is 45.8 Å². The second-order valence-electron chi connectivity index (χ2n) is 6.41. The fourth-order valence-electron chi connectivity index (χ4n) is 3.49. The Morgan fingerprint density at radius 2 is 1.57 bits per heavy atom. The summed E-state index contributed by atoms with van der Waals surface area (Å²) < 4.78 is 61.7. The highest BCUT2D eigenvalue weighted by molar-refractivity contribution is 7.80. The highest BCUT2D eigenvalue weighted by atomic mass is 35.5. The first kappa shape index (κ1) is 20.7. The predicted octanol–water partition coefficient (Wildman–Crippen LogP) is 6.88. The number of fused-ring (bicyclic) bond motifs is 2. The van der Waals surface area contributed by atoms with Crippen molar-refractivity contribution in [3.8, 4) is 16.9 Å². The number of ether oxygens (including phenoxy) is 1. The molecule has 30 heavy (non-hydrogen) atoms. The summed E-state index contributed by atoms with van der Waals surface area (Å²) in [5.41, 5.74) is 0.513. The van der Waals surface area contributed by atoms with E-state index in [1.54, 1.807) is 42.5 Å². The van der Waals surface area contributed by atoms with Gasteiger partial charge in [-0.3, -0.25) is 4.18 Å². The van der Waals surface area contributed by atoms with Gasteiger partial charge < -0.3 is 4.74 Å². The van der Waals surface area contributed by atoms with Crippen molar-refractivity contribution in [1.29, 1.82) is 0 Å². The van der Waals surface area contributed by atoms with Gasteiger partial charge in [-0.15, -0.1) is 13.2 Å². The highest BCUT2D eigenvalue weighted by Gasteiger charge is 2.33. The molecule has 0 fully saturated rings. The molecule has 4 rings (SSSR count). The number of benzene rings is 4. The van der Waals surface area contributed by atoms with Gasteiger partial charge in [0, 0.05) is 16.1 Å². The van der Waals surface area contributed by atoms with Crippen LogP contribution in [0.5, 0.6) is 5.75 Å². The molecular formula is C22H14ClF3O3S. The third-order valence-electron chi connectivity index (χ3n) is 4.64. The maximum atomic E-state index is 13.2. The lowest BCUT2D eigenvalue weighted by atomic mass is 9.93. The van der Waals surface area contributed by atoms with Crippen LogP contribution in [0.2, 0.25) is 5.02 Å². The standard InChI is InChI=1S/C22H14ClF3O3S/c1-28-30(27)19-11-7-13-4-2-3-5-16(13)21(19)20-17-9-8-15(23)12-14(17)6-10-18(20)29-22(24,25)26/h2-12H,1H3. The number of hydrogen-bond donors (Lipinski definition) is 0. The van der Waals surface area contributed by atoms with Gasteiger partial charge in [-0.2, -0.15) is 0 Å². The average Bonchev–Trinajstić information content (AvgIpc) is 2.71. The molecule has 0 saturated carbocycles. The van der Waals surface area contributed by atoms with Crippen molar-refractivity contribution >= 4 is 44.2 Å². The van der Waals surface area contributed by atoms with Crippen molar-refractivity contribution in [3.05, 3.63) is 71.8 Å². The minimum Gasteiger partial charge on any atom is -0.405 e. The van der Waals surface area contributed by atoms with E-state index in [4.69, 9.17) is 15.8 Å². The topological polar surface area (TPSA) is 35.5 Å². The third-order valence-corrected chi connectivity index (χ3v) is 5.88. The van der Waals surface area contributed by atoms with Crippen LogP contribution >= 0.6 is 11.6 Å². The van der Waals surface area contributed by atoms with E-state index in [0.29, 0.717) is 26.7 Å². The lowest BCUT2D eigenvalue weighted by Gasteiger charge is -2.19. The number of hydrogen-bond acceptors (Lipinski definition) is 3. The van der Waals surface area contributed by atoms with Crippen LogP contribution in [0, 0.1) is 0 Å². The van der Waals surface area contributed by atoms with Crippen molar-refractivity contribution in [2.75, 3.05) is 7.11 Å². The number of rotatable bonds is 4. The summed E-state index contributed by atoms with van der Waals surface area (Å²) in [6.45, 7) is 0. The first-order valence-electron chi connectivity index (χ1n) is 8.75. The first-order chi connectivity index (χ1) is 14.3. The van der Waals surface area contributed by atoms with Gasteiger partial charge in [-0.1, -0.05) is 54.1 Å². The fourth-order valence-corrected chi connectivity index (χ4v) is 4.40. The monoisotopic (exact) mass is 450 g/mol. The Bertz CT molecular complexity index is 1290. The molecule has 8 heteroatoms. The number of halogens is 4. The van der Waals surface area contributed by atoms with Crippen LogP contribution in [-0.4, -0.2) is 17.7 Å². The zero-order valence-corrected chi connectivity index (χ0v) is 17.1. The van der Waals surface area contributed by atoms with Crippen molar-refractivity contribution in [3.63, 3.8) is 0 Å². The first-order valence-corrected chi connectivity index (χ1v) is 10.2. The number of alkyl halides is 3. The SMILES string of the molecule is COS(=O)c1ccc2ccccc2c1-c1c(OC(F)(F)F)ccc2cc(Cl)ccc12. The molecule has 0 aromatic heterocycles. The Labute approximate surface area is 177 Å². The van der Waals surface area contributed by atoms with Crippen molar-refractivity contribution in [2.24, 2.45) is 0 Å². The Morgan fingerprint density at radius 1 is 0.867 bits per heavy atom. The molecule has 0 aliphatic heterocycles. The summed E-state index contributed by atoms with van der Waals surface area (Å²) in [4.78, 5) is 0.241. The summed E-state index contributed by atoms with van der Waals surface area (Å²) in [7, 11) is 1.27. The second-order valence-corrected chi connectivity index (χ2v) is 8.09. The summed E-state index contributed by atoms with van der Waals surface area (Å²) in [6.07, 6.45) is -4.90. The lowest BCUT2D eigenvalue weighted by Crippen LogP contribution is -2.18. The van der Waals surface area contributed by atoms with Crippen LogP contribution < -0.4 is 4.74 Å². The van der Waals surface area contributed by atoms with Gasteiger partial charge in [-0.25, -0.2) is 4.21 Å². The minimum absolute atomic E-state index is 0.165. The van der Waals surface area contributed by atoms with E-state index >= 15 is 0 Å². The maximum Gasteiger partial charge on any atom is 0.573 e. The molecule has 0 saturated heterocycles. The van der Waals surface area contributed by atoms with Gasteiger partial charge in [0.15, 0.2) is 11.1 Å². The molecule has 0 radical (unpaired) electrons. The molecule has 1 atom stereocenters. The van der Waals surface area contributed by atoms with Crippen LogP contribution in [-0.2, 0) is 15.3 Å². The van der Waals surface area contributed by atoms with E-state index < -0.39 is 23.2 Å². The van der Waals surface area contributed by atoms with Crippen LogP contribution in [0.4, 0.5) is 13.2 Å². The molecule has 154 valence electrons. The summed E-state index contributed by atoms with van der Waals surface area (Å²) >= 11 is 4.18. The van der Waals surface area contributed by atoms with Gasteiger partial charge in [0.05, 0.1) is 12.0 Å². The van der Waals surface area contributed by atoms with Gasteiger partial charge in [0.1, 0.15) is 5.75 Å². The predicted molar refractivity (Wildman–Crippen MR) is 112 cm³/mol. The lowest BCUT2D eigenvalue weighted by molar-refractivity contribution is -0.274. The zero-order valence-electron chi connectivity index (χ0n) is 15.5. The smallest absolute Gasteiger partial charge is 0.405 e. The minimum atomic E-state index is -4.90. The van der Waals surface area contributed by atoms with E-state index in [9.17, 15) is 17.4 Å². The molecule has 3 nitrogen and oxygen atoms in total. The van der Waals surface area contributed by atoms with Gasteiger partial charge in [0.25, 0.3) is 0 Å².